The first kappa shape index (κ1) is 19.2. The summed E-state index contributed by atoms with van der Waals surface area (Å²) in [6, 6.07) is 12.2. The highest BCUT2D eigenvalue weighted by molar-refractivity contribution is 9.10. The molecule has 0 saturated carbocycles. The van der Waals surface area contributed by atoms with Gasteiger partial charge in [0.05, 0.1) is 16.6 Å². The number of hydrogen-bond donors (Lipinski definition) is 1. The number of nitrogens with one attached hydrogen (secondary N) is 1. The minimum Gasteiger partial charge on any atom is -0.304 e. The lowest BCUT2D eigenvalue weighted by atomic mass is 10.1. The van der Waals surface area contributed by atoms with Gasteiger partial charge in [0, 0.05) is 11.8 Å². The third kappa shape index (κ3) is 4.77. The van der Waals surface area contributed by atoms with Crippen LogP contribution >= 0.6 is 15.9 Å². The molecule has 3 aromatic rings. The van der Waals surface area contributed by atoms with E-state index >= 15 is 0 Å². The van der Waals surface area contributed by atoms with Gasteiger partial charge in [-0.2, -0.15) is 18.3 Å². The number of alkyl halides is 3. The quantitative estimate of drug-likeness (QED) is 0.603. The van der Waals surface area contributed by atoms with Gasteiger partial charge in [0.2, 0.25) is 0 Å². The fraction of sp³-hybridized carbons (Fsp3) is 0.158. The lowest BCUT2D eigenvalue weighted by Gasteiger charge is -2.08. The van der Waals surface area contributed by atoms with E-state index in [0.29, 0.717) is 11.0 Å². The van der Waals surface area contributed by atoms with E-state index in [2.05, 4.69) is 26.3 Å². The van der Waals surface area contributed by atoms with Gasteiger partial charge in [-0.1, -0.05) is 35.9 Å². The fourth-order valence-corrected chi connectivity index (χ4v) is 2.87. The summed E-state index contributed by atoms with van der Waals surface area (Å²) in [6.07, 6.45) is -2.81. The van der Waals surface area contributed by atoms with Crippen molar-refractivity contribution in [1.29, 1.82) is 0 Å². The minimum absolute atomic E-state index is 0.0928. The summed E-state index contributed by atoms with van der Waals surface area (Å²) in [5.41, 5.74) is 1.21. The van der Waals surface area contributed by atoms with Crippen LogP contribution in [-0.4, -0.2) is 15.7 Å². The predicted octanol–water partition coefficient (Wildman–Crippen LogP) is 5.27. The summed E-state index contributed by atoms with van der Waals surface area (Å²) in [7, 11) is 0. The van der Waals surface area contributed by atoms with Crippen molar-refractivity contribution in [2.75, 3.05) is 5.32 Å². The molecular weight excluding hydrogens is 423 g/mol. The molecule has 0 aliphatic heterocycles. The average molecular weight is 438 g/mol. The molecule has 27 heavy (non-hydrogen) atoms. The van der Waals surface area contributed by atoms with Crippen molar-refractivity contribution in [3.63, 3.8) is 0 Å². The molecular formula is C19H15BrF3N3O. The molecule has 3 rings (SSSR count). The van der Waals surface area contributed by atoms with Crippen LogP contribution < -0.4 is 5.32 Å². The maximum atomic E-state index is 12.8. The number of anilines is 1. The van der Waals surface area contributed by atoms with Crippen LogP contribution in [-0.2, 0) is 12.7 Å². The highest BCUT2D eigenvalue weighted by atomic mass is 79.9. The Morgan fingerprint density at radius 1 is 1.19 bits per heavy atom. The molecule has 8 heteroatoms. The standard InChI is InChI=1S/C19H15BrF3N3O/c1-12-5-7-13(8-6-12)10-26-11-16(20)17(25-26)24-18(27)14-3-2-4-15(9-14)19(21,22)23/h2-9,11H,10H2,1H3,(H,24,25,27). The van der Waals surface area contributed by atoms with Crippen LogP contribution in [0.4, 0.5) is 19.0 Å². The van der Waals surface area contributed by atoms with Crippen molar-refractivity contribution in [3.05, 3.63) is 81.5 Å². The molecule has 0 spiro atoms. The highest BCUT2D eigenvalue weighted by Gasteiger charge is 2.31. The zero-order valence-corrected chi connectivity index (χ0v) is 15.8. The van der Waals surface area contributed by atoms with Crippen LogP contribution in [0.3, 0.4) is 0 Å². The van der Waals surface area contributed by atoms with E-state index in [4.69, 9.17) is 0 Å². The number of rotatable bonds is 4. The van der Waals surface area contributed by atoms with Crippen molar-refractivity contribution in [3.8, 4) is 0 Å². The number of aryl methyl sites for hydroxylation is 1. The molecule has 2 aromatic carbocycles. The number of benzene rings is 2. The van der Waals surface area contributed by atoms with Crippen LogP contribution in [0.5, 0.6) is 0 Å². The Labute approximate surface area is 162 Å². The van der Waals surface area contributed by atoms with Crippen molar-refractivity contribution in [2.24, 2.45) is 0 Å². The zero-order chi connectivity index (χ0) is 19.6. The summed E-state index contributed by atoms with van der Waals surface area (Å²) in [5, 5.41) is 6.82. The second-order valence-electron chi connectivity index (χ2n) is 6.04. The Morgan fingerprint density at radius 3 is 2.56 bits per heavy atom. The Kier molecular flexibility index (Phi) is 5.36. The summed E-state index contributed by atoms with van der Waals surface area (Å²) in [5.74, 6) is -0.424. The van der Waals surface area contributed by atoms with E-state index in [1.807, 2.05) is 31.2 Å². The summed E-state index contributed by atoms with van der Waals surface area (Å²) >= 11 is 3.31. The highest BCUT2D eigenvalue weighted by Crippen LogP contribution is 2.30. The molecule has 140 valence electrons. The van der Waals surface area contributed by atoms with E-state index in [9.17, 15) is 18.0 Å². The van der Waals surface area contributed by atoms with E-state index < -0.39 is 17.6 Å². The summed E-state index contributed by atoms with van der Waals surface area (Å²) in [6.45, 7) is 2.49. The monoisotopic (exact) mass is 437 g/mol. The second-order valence-corrected chi connectivity index (χ2v) is 6.90. The van der Waals surface area contributed by atoms with Crippen LogP contribution in [0.25, 0.3) is 0 Å². The topological polar surface area (TPSA) is 46.9 Å². The molecule has 1 N–H and O–H groups in total. The van der Waals surface area contributed by atoms with Crippen LogP contribution in [0.1, 0.15) is 27.0 Å². The molecule has 0 saturated heterocycles. The molecule has 0 atom stereocenters. The first-order valence-electron chi connectivity index (χ1n) is 7.99. The minimum atomic E-state index is -4.51. The number of carbonyl (C=O) groups excluding carboxylic acids is 1. The smallest absolute Gasteiger partial charge is 0.304 e. The molecule has 0 aliphatic rings. The maximum Gasteiger partial charge on any atom is 0.416 e. The maximum absolute atomic E-state index is 12.8. The number of hydrogen-bond acceptors (Lipinski definition) is 2. The Hall–Kier alpha value is -2.61. The molecule has 4 nitrogen and oxygen atoms in total. The number of amides is 1. The third-order valence-corrected chi connectivity index (χ3v) is 4.45. The van der Waals surface area contributed by atoms with Gasteiger partial charge in [-0.05, 0) is 46.6 Å². The summed E-state index contributed by atoms with van der Waals surface area (Å²) < 4.78 is 40.6. The van der Waals surface area contributed by atoms with Gasteiger partial charge < -0.3 is 5.32 Å². The lowest BCUT2D eigenvalue weighted by molar-refractivity contribution is -0.137. The van der Waals surface area contributed by atoms with Crippen LogP contribution in [0.15, 0.2) is 59.2 Å². The van der Waals surface area contributed by atoms with Crippen molar-refractivity contribution in [2.45, 2.75) is 19.6 Å². The Balaban J connectivity index is 1.75. The number of nitrogens with zero attached hydrogens (tertiary/aromatic N) is 2. The average Bonchev–Trinajstić information content (AvgIpc) is 2.95. The molecule has 0 aliphatic carbocycles. The molecule has 0 bridgehead atoms. The molecule has 0 unspecified atom stereocenters. The lowest BCUT2D eigenvalue weighted by Crippen LogP contribution is -2.15. The van der Waals surface area contributed by atoms with E-state index in [0.717, 1.165) is 23.3 Å². The zero-order valence-electron chi connectivity index (χ0n) is 14.2. The van der Waals surface area contributed by atoms with Crippen molar-refractivity contribution < 1.29 is 18.0 Å². The molecule has 1 heterocycles. The van der Waals surface area contributed by atoms with E-state index in [1.165, 1.54) is 12.1 Å². The normalized spacial score (nSPS) is 11.4. The molecule has 1 amide bonds. The van der Waals surface area contributed by atoms with Crippen molar-refractivity contribution >= 4 is 27.7 Å². The van der Waals surface area contributed by atoms with Crippen LogP contribution in [0.2, 0.25) is 0 Å². The fourth-order valence-electron chi connectivity index (χ4n) is 2.46. The van der Waals surface area contributed by atoms with Gasteiger partial charge in [0.15, 0.2) is 5.82 Å². The first-order chi connectivity index (χ1) is 12.7. The largest absolute Gasteiger partial charge is 0.416 e. The van der Waals surface area contributed by atoms with Gasteiger partial charge in [-0.15, -0.1) is 0 Å². The molecule has 0 fully saturated rings. The second kappa shape index (κ2) is 7.56. The van der Waals surface area contributed by atoms with Crippen LogP contribution in [0, 0.1) is 6.92 Å². The van der Waals surface area contributed by atoms with Gasteiger partial charge in [-0.3, -0.25) is 9.48 Å². The van der Waals surface area contributed by atoms with Gasteiger partial charge in [0.1, 0.15) is 0 Å². The Bertz CT molecular complexity index is 965. The number of aromatic nitrogens is 2. The number of carbonyl (C=O) groups is 1. The Morgan fingerprint density at radius 2 is 1.89 bits per heavy atom. The molecule has 1 aromatic heterocycles. The molecule has 0 radical (unpaired) electrons. The predicted molar refractivity (Wildman–Crippen MR) is 99.6 cm³/mol. The summed E-state index contributed by atoms with van der Waals surface area (Å²) in [4.78, 5) is 12.3. The SMILES string of the molecule is Cc1ccc(Cn2cc(Br)c(NC(=O)c3cccc(C(F)(F)F)c3)n2)cc1. The van der Waals surface area contributed by atoms with Gasteiger partial charge >= 0.3 is 6.18 Å². The first-order valence-corrected chi connectivity index (χ1v) is 8.79. The van der Waals surface area contributed by atoms with E-state index in [1.54, 1.807) is 10.9 Å². The van der Waals surface area contributed by atoms with Gasteiger partial charge in [-0.25, -0.2) is 0 Å². The van der Waals surface area contributed by atoms with Crippen molar-refractivity contribution in [1.82, 2.24) is 9.78 Å². The van der Waals surface area contributed by atoms with E-state index in [-0.39, 0.29) is 11.4 Å². The third-order valence-electron chi connectivity index (χ3n) is 3.87. The van der Waals surface area contributed by atoms with Gasteiger partial charge in [0.25, 0.3) is 5.91 Å². The number of halogens is 4.